The summed E-state index contributed by atoms with van der Waals surface area (Å²) in [6.07, 6.45) is 2.03. The van der Waals surface area contributed by atoms with Crippen LogP contribution in [0.25, 0.3) is 11.0 Å². The number of aromatic nitrogens is 2. The number of benzene rings is 1. The molecule has 0 radical (unpaired) electrons. The Kier molecular flexibility index (Phi) is 4.28. The summed E-state index contributed by atoms with van der Waals surface area (Å²) in [6.45, 7) is 7.67. The largest absolute Gasteiger partial charge is 0.328 e. The summed E-state index contributed by atoms with van der Waals surface area (Å²) in [5.74, 6) is 2.41. The van der Waals surface area contributed by atoms with E-state index in [0.29, 0.717) is 11.8 Å². The van der Waals surface area contributed by atoms with E-state index >= 15 is 0 Å². The molecule has 0 bridgehead atoms. The standard InChI is InChI=1S/C15H21ClN2/c1-4-11(2)10-18-14-9-12(3)5-6-13(14)17-15(18)7-8-16/h5-6,9,11H,4,7-8,10H2,1-3H3. The lowest BCUT2D eigenvalue weighted by atomic mass is 10.1. The second-order valence-electron chi connectivity index (χ2n) is 5.08. The molecule has 98 valence electrons. The minimum atomic E-state index is 0.628. The fourth-order valence-electron chi connectivity index (χ4n) is 2.20. The van der Waals surface area contributed by atoms with Gasteiger partial charge in [-0.3, -0.25) is 0 Å². The summed E-state index contributed by atoms with van der Waals surface area (Å²) >= 11 is 5.88. The van der Waals surface area contributed by atoms with Crippen LogP contribution in [0.3, 0.4) is 0 Å². The van der Waals surface area contributed by atoms with Gasteiger partial charge in [-0.2, -0.15) is 0 Å². The minimum Gasteiger partial charge on any atom is -0.328 e. The molecule has 0 spiro atoms. The Hall–Kier alpha value is -1.02. The van der Waals surface area contributed by atoms with E-state index in [1.165, 1.54) is 17.5 Å². The van der Waals surface area contributed by atoms with Gasteiger partial charge in [-0.25, -0.2) is 4.98 Å². The molecule has 1 atom stereocenters. The fourth-order valence-corrected chi connectivity index (χ4v) is 2.37. The SMILES string of the molecule is CCC(C)Cn1c(CCCl)nc2ccc(C)cc21. The zero-order valence-electron chi connectivity index (χ0n) is 11.4. The quantitative estimate of drug-likeness (QED) is 0.741. The van der Waals surface area contributed by atoms with Crippen molar-refractivity contribution in [3.05, 3.63) is 29.6 Å². The molecule has 1 aromatic carbocycles. The van der Waals surface area contributed by atoms with Crippen LogP contribution in [0.2, 0.25) is 0 Å². The maximum absolute atomic E-state index is 5.88. The highest BCUT2D eigenvalue weighted by Gasteiger charge is 2.12. The first-order valence-electron chi connectivity index (χ1n) is 6.67. The molecular formula is C15H21ClN2. The first-order valence-corrected chi connectivity index (χ1v) is 7.20. The summed E-state index contributed by atoms with van der Waals surface area (Å²) in [4.78, 5) is 4.71. The fraction of sp³-hybridized carbons (Fsp3) is 0.533. The Morgan fingerprint density at radius 1 is 1.39 bits per heavy atom. The third-order valence-electron chi connectivity index (χ3n) is 3.49. The van der Waals surface area contributed by atoms with Crippen molar-refractivity contribution in [2.75, 3.05) is 5.88 Å². The number of alkyl halides is 1. The van der Waals surface area contributed by atoms with Gasteiger partial charge >= 0.3 is 0 Å². The molecule has 0 saturated carbocycles. The van der Waals surface area contributed by atoms with Crippen molar-refractivity contribution in [1.29, 1.82) is 0 Å². The maximum atomic E-state index is 5.88. The van der Waals surface area contributed by atoms with Gasteiger partial charge in [-0.15, -0.1) is 11.6 Å². The molecule has 1 aromatic heterocycles. The van der Waals surface area contributed by atoms with Gasteiger partial charge in [-0.1, -0.05) is 26.3 Å². The lowest BCUT2D eigenvalue weighted by molar-refractivity contribution is 0.466. The third kappa shape index (κ3) is 2.69. The van der Waals surface area contributed by atoms with Gasteiger partial charge in [0, 0.05) is 18.8 Å². The highest BCUT2D eigenvalue weighted by Crippen LogP contribution is 2.20. The Morgan fingerprint density at radius 3 is 2.83 bits per heavy atom. The van der Waals surface area contributed by atoms with Crippen LogP contribution in [-0.2, 0) is 13.0 Å². The van der Waals surface area contributed by atoms with Crippen molar-refractivity contribution < 1.29 is 0 Å². The zero-order valence-corrected chi connectivity index (χ0v) is 12.2. The van der Waals surface area contributed by atoms with Gasteiger partial charge in [-0.05, 0) is 30.5 Å². The number of halogens is 1. The first kappa shape index (κ1) is 13.4. The van der Waals surface area contributed by atoms with E-state index in [2.05, 4.69) is 43.5 Å². The summed E-state index contributed by atoms with van der Waals surface area (Å²) in [5.41, 5.74) is 3.62. The molecule has 1 unspecified atom stereocenters. The van der Waals surface area contributed by atoms with Crippen molar-refractivity contribution in [3.8, 4) is 0 Å². The molecule has 2 nitrogen and oxygen atoms in total. The highest BCUT2D eigenvalue weighted by atomic mass is 35.5. The zero-order chi connectivity index (χ0) is 13.1. The lowest BCUT2D eigenvalue weighted by Gasteiger charge is -2.13. The summed E-state index contributed by atoms with van der Waals surface area (Å²) in [6, 6.07) is 6.45. The van der Waals surface area contributed by atoms with Crippen LogP contribution in [0.4, 0.5) is 0 Å². The first-order chi connectivity index (χ1) is 8.65. The Balaban J connectivity index is 2.49. The molecule has 0 aliphatic rings. The van der Waals surface area contributed by atoms with Crippen molar-refractivity contribution in [2.24, 2.45) is 5.92 Å². The van der Waals surface area contributed by atoms with E-state index in [1.807, 2.05) is 0 Å². The van der Waals surface area contributed by atoms with E-state index in [0.717, 1.165) is 24.3 Å². The molecule has 1 heterocycles. The summed E-state index contributed by atoms with van der Waals surface area (Å²) in [7, 11) is 0. The van der Waals surface area contributed by atoms with E-state index < -0.39 is 0 Å². The average Bonchev–Trinajstić information content (AvgIpc) is 2.68. The van der Waals surface area contributed by atoms with E-state index in [9.17, 15) is 0 Å². The van der Waals surface area contributed by atoms with Crippen LogP contribution in [0.1, 0.15) is 31.7 Å². The van der Waals surface area contributed by atoms with Crippen LogP contribution in [0.5, 0.6) is 0 Å². The molecule has 3 heteroatoms. The topological polar surface area (TPSA) is 17.8 Å². The van der Waals surface area contributed by atoms with Gasteiger partial charge in [0.2, 0.25) is 0 Å². The normalized spacial score (nSPS) is 13.1. The van der Waals surface area contributed by atoms with E-state index in [1.54, 1.807) is 0 Å². The van der Waals surface area contributed by atoms with Gasteiger partial charge < -0.3 is 4.57 Å². The Bertz CT molecular complexity index is 531. The molecule has 0 N–H and O–H groups in total. The van der Waals surface area contributed by atoms with Gasteiger partial charge in [0.1, 0.15) is 5.82 Å². The van der Waals surface area contributed by atoms with Gasteiger partial charge in [0.15, 0.2) is 0 Å². The van der Waals surface area contributed by atoms with E-state index in [4.69, 9.17) is 16.6 Å². The molecule has 0 saturated heterocycles. The van der Waals surface area contributed by atoms with Crippen LogP contribution in [0, 0.1) is 12.8 Å². The number of rotatable bonds is 5. The minimum absolute atomic E-state index is 0.628. The van der Waals surface area contributed by atoms with Gasteiger partial charge in [0.05, 0.1) is 11.0 Å². The molecular weight excluding hydrogens is 244 g/mol. The molecule has 0 amide bonds. The van der Waals surface area contributed by atoms with E-state index in [-0.39, 0.29) is 0 Å². The van der Waals surface area contributed by atoms with Crippen LogP contribution >= 0.6 is 11.6 Å². The number of nitrogens with zero attached hydrogens (tertiary/aromatic N) is 2. The van der Waals surface area contributed by atoms with Gasteiger partial charge in [0.25, 0.3) is 0 Å². The second-order valence-corrected chi connectivity index (χ2v) is 5.46. The van der Waals surface area contributed by atoms with Crippen molar-refractivity contribution in [1.82, 2.24) is 9.55 Å². The maximum Gasteiger partial charge on any atom is 0.111 e. The Morgan fingerprint density at radius 2 is 2.17 bits per heavy atom. The molecule has 2 aromatic rings. The van der Waals surface area contributed by atoms with Crippen LogP contribution in [-0.4, -0.2) is 15.4 Å². The van der Waals surface area contributed by atoms with Crippen molar-refractivity contribution in [3.63, 3.8) is 0 Å². The third-order valence-corrected chi connectivity index (χ3v) is 3.68. The molecule has 0 aliphatic heterocycles. The average molecular weight is 265 g/mol. The smallest absolute Gasteiger partial charge is 0.111 e. The van der Waals surface area contributed by atoms with Crippen molar-refractivity contribution >= 4 is 22.6 Å². The predicted octanol–water partition coefficient (Wildman–Crippen LogP) is 4.17. The number of hydrogen-bond donors (Lipinski definition) is 0. The molecule has 18 heavy (non-hydrogen) atoms. The summed E-state index contributed by atoms with van der Waals surface area (Å²) in [5, 5.41) is 0. The predicted molar refractivity (Wildman–Crippen MR) is 78.3 cm³/mol. The van der Waals surface area contributed by atoms with Crippen LogP contribution in [0.15, 0.2) is 18.2 Å². The monoisotopic (exact) mass is 264 g/mol. The number of hydrogen-bond acceptors (Lipinski definition) is 1. The number of fused-ring (bicyclic) bond motifs is 1. The lowest BCUT2D eigenvalue weighted by Crippen LogP contribution is -2.10. The second kappa shape index (κ2) is 5.75. The number of imidazole rings is 1. The number of aryl methyl sites for hydroxylation is 2. The molecule has 0 fully saturated rings. The molecule has 0 aliphatic carbocycles. The Labute approximate surface area is 114 Å². The highest BCUT2D eigenvalue weighted by molar-refractivity contribution is 6.17. The summed E-state index contributed by atoms with van der Waals surface area (Å²) < 4.78 is 2.35. The van der Waals surface area contributed by atoms with Crippen LogP contribution < -0.4 is 0 Å². The van der Waals surface area contributed by atoms with Crippen molar-refractivity contribution in [2.45, 2.75) is 40.2 Å². The molecule has 2 rings (SSSR count).